The van der Waals surface area contributed by atoms with Gasteiger partial charge in [0.15, 0.2) is 4.90 Å². The normalized spacial score (nSPS) is 21.6. The van der Waals surface area contributed by atoms with Crippen LogP contribution < -0.4 is 9.64 Å². The minimum atomic E-state index is -1.16. The van der Waals surface area contributed by atoms with Crippen LogP contribution in [0.25, 0.3) is 0 Å². The number of anilines is 2. The van der Waals surface area contributed by atoms with E-state index in [1.165, 1.54) is 11.8 Å². The standard InChI is InChI=1S/C23H31NO3S2/c1-5-7-12-23(6-2)15-24(17-8-10-18(27-3)11-9-17)19-13-21(28-4)20(25)14-22(19)29(26)16-23/h8-11,13-14,25H,5-7,12,15-16H2,1-4H3. The van der Waals surface area contributed by atoms with Crippen molar-refractivity contribution in [2.75, 3.05) is 30.6 Å². The topological polar surface area (TPSA) is 55.8 Å². The molecule has 0 spiro atoms. The summed E-state index contributed by atoms with van der Waals surface area (Å²) in [6.45, 7) is 5.23. The maximum atomic E-state index is 13.4. The van der Waals surface area contributed by atoms with E-state index in [0.717, 1.165) is 59.1 Å². The summed E-state index contributed by atoms with van der Waals surface area (Å²) in [5.74, 6) is 1.65. The number of phenols is 1. The van der Waals surface area contributed by atoms with E-state index in [0.29, 0.717) is 5.75 Å². The van der Waals surface area contributed by atoms with Crippen LogP contribution in [0.5, 0.6) is 11.5 Å². The minimum Gasteiger partial charge on any atom is -0.611 e. The van der Waals surface area contributed by atoms with Crippen LogP contribution in [0.3, 0.4) is 0 Å². The molecule has 1 aliphatic heterocycles. The Labute approximate surface area is 181 Å². The number of benzene rings is 2. The Balaban J connectivity index is 2.15. The molecule has 1 N–H and O–H groups in total. The number of unbranched alkanes of at least 4 members (excludes halogenated alkanes) is 1. The third kappa shape index (κ3) is 4.65. The number of thioether (sulfide) groups is 1. The fourth-order valence-electron chi connectivity index (χ4n) is 4.00. The lowest BCUT2D eigenvalue weighted by Crippen LogP contribution is -2.37. The fourth-order valence-corrected chi connectivity index (χ4v) is 6.30. The molecule has 2 unspecified atom stereocenters. The average Bonchev–Trinajstić information content (AvgIpc) is 2.86. The van der Waals surface area contributed by atoms with Crippen molar-refractivity contribution in [2.24, 2.45) is 5.41 Å². The van der Waals surface area contributed by atoms with E-state index in [9.17, 15) is 9.66 Å². The summed E-state index contributed by atoms with van der Waals surface area (Å²) in [7, 11) is 1.67. The summed E-state index contributed by atoms with van der Waals surface area (Å²) in [6, 6.07) is 11.7. The largest absolute Gasteiger partial charge is 0.611 e. The highest BCUT2D eigenvalue weighted by Gasteiger charge is 2.41. The molecule has 0 aromatic heterocycles. The van der Waals surface area contributed by atoms with Crippen LogP contribution in [-0.2, 0) is 11.2 Å². The molecule has 2 atom stereocenters. The van der Waals surface area contributed by atoms with Crippen molar-refractivity contribution in [3.8, 4) is 11.5 Å². The first kappa shape index (κ1) is 22.2. The smallest absolute Gasteiger partial charge is 0.180 e. The fraction of sp³-hybridized carbons (Fsp3) is 0.478. The third-order valence-corrected chi connectivity index (χ3v) is 8.38. The molecule has 0 bridgehead atoms. The van der Waals surface area contributed by atoms with Gasteiger partial charge in [0.1, 0.15) is 17.3 Å². The zero-order valence-electron chi connectivity index (χ0n) is 17.7. The van der Waals surface area contributed by atoms with E-state index in [1.807, 2.05) is 24.5 Å². The van der Waals surface area contributed by atoms with Gasteiger partial charge in [0.2, 0.25) is 0 Å². The van der Waals surface area contributed by atoms with Crippen LogP contribution in [0, 0.1) is 5.41 Å². The van der Waals surface area contributed by atoms with E-state index < -0.39 is 11.2 Å². The van der Waals surface area contributed by atoms with Gasteiger partial charge in [-0.1, -0.05) is 26.7 Å². The highest BCUT2D eigenvalue weighted by molar-refractivity contribution is 7.98. The van der Waals surface area contributed by atoms with Crippen molar-refractivity contribution >= 4 is 34.3 Å². The molecule has 29 heavy (non-hydrogen) atoms. The Hall–Kier alpha value is -1.50. The van der Waals surface area contributed by atoms with Gasteiger partial charge in [-0.25, -0.2) is 0 Å². The van der Waals surface area contributed by atoms with E-state index in [2.05, 4.69) is 30.9 Å². The number of methoxy groups -OCH3 is 1. The van der Waals surface area contributed by atoms with Crippen LogP contribution in [0.1, 0.15) is 39.5 Å². The van der Waals surface area contributed by atoms with Gasteiger partial charge in [-0.3, -0.25) is 0 Å². The minimum absolute atomic E-state index is 0.0328. The molecule has 0 saturated carbocycles. The Morgan fingerprint density at radius 3 is 2.55 bits per heavy atom. The van der Waals surface area contributed by atoms with E-state index in [4.69, 9.17) is 4.74 Å². The van der Waals surface area contributed by atoms with Crippen molar-refractivity contribution in [3.63, 3.8) is 0 Å². The molecule has 1 heterocycles. The van der Waals surface area contributed by atoms with E-state index in [-0.39, 0.29) is 11.2 Å². The Morgan fingerprint density at radius 2 is 1.97 bits per heavy atom. The Kier molecular flexibility index (Phi) is 7.30. The second-order valence-corrected chi connectivity index (χ2v) is 9.99. The predicted octanol–water partition coefficient (Wildman–Crippen LogP) is 5.97. The van der Waals surface area contributed by atoms with Crippen LogP contribution in [0.15, 0.2) is 46.2 Å². The molecule has 3 rings (SSSR count). The molecule has 0 amide bonds. The number of hydrogen-bond donors (Lipinski definition) is 1. The monoisotopic (exact) mass is 433 g/mol. The van der Waals surface area contributed by atoms with Crippen LogP contribution in [0.2, 0.25) is 0 Å². The van der Waals surface area contributed by atoms with Gasteiger partial charge in [0.25, 0.3) is 0 Å². The maximum absolute atomic E-state index is 13.4. The SMILES string of the molecule is CCCCC1(CC)CN(c2ccc(OC)cc2)c2cc(SC)c(O)cc2[S+]([O-])C1. The quantitative estimate of drug-likeness (QED) is 0.431. The van der Waals surface area contributed by atoms with Crippen molar-refractivity contribution in [1.29, 1.82) is 0 Å². The third-order valence-electron chi connectivity index (χ3n) is 5.92. The van der Waals surface area contributed by atoms with Crippen LogP contribution in [-0.4, -0.2) is 35.3 Å². The van der Waals surface area contributed by atoms with E-state index in [1.54, 1.807) is 13.2 Å². The molecule has 0 aliphatic carbocycles. The number of ether oxygens (including phenoxy) is 1. The summed E-state index contributed by atoms with van der Waals surface area (Å²) in [6.07, 6.45) is 6.22. The Morgan fingerprint density at radius 1 is 1.24 bits per heavy atom. The van der Waals surface area contributed by atoms with Gasteiger partial charge in [-0.05, 0) is 60.6 Å². The molecule has 1 aliphatic rings. The van der Waals surface area contributed by atoms with Gasteiger partial charge in [-0.15, -0.1) is 11.8 Å². The number of phenolic OH excluding ortho intramolecular Hbond substituents is 1. The number of nitrogens with zero attached hydrogens (tertiary/aromatic N) is 1. The molecule has 158 valence electrons. The van der Waals surface area contributed by atoms with Gasteiger partial charge < -0.3 is 19.3 Å². The number of hydrogen-bond acceptors (Lipinski definition) is 5. The van der Waals surface area contributed by atoms with Crippen molar-refractivity contribution < 1.29 is 14.4 Å². The molecule has 0 radical (unpaired) electrons. The van der Waals surface area contributed by atoms with Gasteiger partial charge in [0, 0.05) is 23.7 Å². The zero-order valence-corrected chi connectivity index (χ0v) is 19.4. The lowest BCUT2D eigenvalue weighted by atomic mass is 9.81. The first-order valence-electron chi connectivity index (χ1n) is 10.2. The number of aromatic hydroxyl groups is 1. The second kappa shape index (κ2) is 9.54. The van der Waals surface area contributed by atoms with Crippen molar-refractivity contribution in [2.45, 2.75) is 49.3 Å². The summed E-state index contributed by atoms with van der Waals surface area (Å²) >= 11 is 0.342. The average molecular weight is 434 g/mol. The Bertz CT molecular complexity index is 828. The first-order valence-corrected chi connectivity index (χ1v) is 12.7. The molecule has 4 nitrogen and oxygen atoms in total. The second-order valence-electron chi connectivity index (χ2n) is 7.72. The molecule has 2 aromatic carbocycles. The molecule has 6 heteroatoms. The molecule has 0 fully saturated rings. The van der Waals surface area contributed by atoms with Crippen molar-refractivity contribution in [3.05, 3.63) is 36.4 Å². The molecular weight excluding hydrogens is 402 g/mol. The van der Waals surface area contributed by atoms with Crippen LogP contribution >= 0.6 is 11.8 Å². The van der Waals surface area contributed by atoms with Gasteiger partial charge >= 0.3 is 0 Å². The predicted molar refractivity (Wildman–Crippen MR) is 123 cm³/mol. The maximum Gasteiger partial charge on any atom is 0.180 e. The van der Waals surface area contributed by atoms with Gasteiger partial charge in [0.05, 0.1) is 17.7 Å². The zero-order chi connectivity index (χ0) is 21.0. The lowest BCUT2D eigenvalue weighted by Gasteiger charge is -2.35. The first-order chi connectivity index (χ1) is 14.0. The summed E-state index contributed by atoms with van der Waals surface area (Å²) in [5.41, 5.74) is 1.95. The highest BCUT2D eigenvalue weighted by Crippen LogP contribution is 2.47. The number of fused-ring (bicyclic) bond motifs is 1. The van der Waals surface area contributed by atoms with Gasteiger partial charge in [-0.2, -0.15) is 0 Å². The van der Waals surface area contributed by atoms with Crippen LogP contribution in [0.4, 0.5) is 11.4 Å². The lowest BCUT2D eigenvalue weighted by molar-refractivity contribution is 0.290. The summed E-state index contributed by atoms with van der Waals surface area (Å²) in [5, 5.41) is 10.4. The molecule has 0 saturated heterocycles. The van der Waals surface area contributed by atoms with Crippen molar-refractivity contribution in [1.82, 2.24) is 0 Å². The summed E-state index contributed by atoms with van der Waals surface area (Å²) < 4.78 is 18.8. The summed E-state index contributed by atoms with van der Waals surface area (Å²) in [4.78, 5) is 3.82. The number of rotatable bonds is 7. The molecular formula is C23H31NO3S2. The van der Waals surface area contributed by atoms with E-state index >= 15 is 0 Å². The highest BCUT2D eigenvalue weighted by atomic mass is 32.2. The molecule has 2 aromatic rings.